The van der Waals surface area contributed by atoms with Crippen LogP contribution in [-0.4, -0.2) is 34.0 Å². The fourth-order valence-electron chi connectivity index (χ4n) is 3.82. The zero-order chi connectivity index (χ0) is 22.7. The number of piperidine rings is 1. The van der Waals surface area contributed by atoms with Crippen molar-refractivity contribution < 1.29 is 22.5 Å². The van der Waals surface area contributed by atoms with Gasteiger partial charge in [-0.3, -0.25) is 9.69 Å². The smallest absolute Gasteiger partial charge is 0.334 e. The molecule has 4 rings (SSSR count). The Hall–Kier alpha value is -3.20. The van der Waals surface area contributed by atoms with Crippen LogP contribution in [0.3, 0.4) is 0 Å². The Balaban J connectivity index is 1.39. The van der Waals surface area contributed by atoms with Gasteiger partial charge in [0, 0.05) is 12.1 Å². The van der Waals surface area contributed by atoms with Crippen LogP contribution in [0.15, 0.2) is 53.1 Å². The molecule has 1 N–H and O–H groups in total. The monoisotopic (exact) mass is 444 g/mol. The fraction of sp³-hybridized carbons (Fsp3) is 0.348. The highest BCUT2D eigenvalue weighted by atomic mass is 19.4. The van der Waals surface area contributed by atoms with Gasteiger partial charge in [0.2, 0.25) is 5.91 Å². The molecule has 0 spiro atoms. The molecule has 0 bridgehead atoms. The van der Waals surface area contributed by atoms with Gasteiger partial charge in [0.1, 0.15) is 0 Å². The summed E-state index contributed by atoms with van der Waals surface area (Å²) in [5, 5.41) is 6.50. The first kappa shape index (κ1) is 22.0. The van der Waals surface area contributed by atoms with Gasteiger partial charge in [-0.2, -0.15) is 18.2 Å². The van der Waals surface area contributed by atoms with Crippen molar-refractivity contribution in [2.24, 2.45) is 5.92 Å². The van der Waals surface area contributed by atoms with Crippen molar-refractivity contribution in [2.75, 3.05) is 18.4 Å². The fourth-order valence-corrected chi connectivity index (χ4v) is 3.82. The lowest BCUT2D eigenvalue weighted by Crippen LogP contribution is -2.40. The van der Waals surface area contributed by atoms with Crippen molar-refractivity contribution >= 4 is 11.6 Å². The van der Waals surface area contributed by atoms with E-state index < -0.39 is 23.6 Å². The second-order valence-electron chi connectivity index (χ2n) is 7.99. The third-order valence-electron chi connectivity index (χ3n) is 5.50. The summed E-state index contributed by atoms with van der Waals surface area (Å²) in [5.74, 6) is 0.0903. The number of carbonyl (C=O) groups excluding carboxylic acids is 1. The molecule has 2 heterocycles. The molecule has 0 aliphatic carbocycles. The number of alkyl halides is 3. The number of anilines is 1. The summed E-state index contributed by atoms with van der Waals surface area (Å²) < 4.78 is 45.0. The third-order valence-corrected chi connectivity index (χ3v) is 5.50. The van der Waals surface area contributed by atoms with Gasteiger partial charge >= 0.3 is 6.18 Å². The molecule has 1 atom stereocenters. The maximum absolute atomic E-state index is 13.2. The zero-order valence-electron chi connectivity index (χ0n) is 17.5. The minimum absolute atomic E-state index is 0.219. The molecule has 0 unspecified atom stereocenters. The summed E-state index contributed by atoms with van der Waals surface area (Å²) in [4.78, 5) is 19.2. The number of hydrogen-bond acceptors (Lipinski definition) is 5. The second-order valence-corrected chi connectivity index (χ2v) is 7.99. The standard InChI is InChI=1S/C23H23F3N4O2/c1-15-8-10-16(11-9-15)22-28-20(29-32-22)14-30-12-4-5-17(13-30)21(31)27-19-7-3-2-6-18(19)23(24,25)26/h2-3,6-11,17H,4-5,12-14H2,1H3,(H,27,31)/t17-/m1/s1. The molecule has 0 radical (unpaired) electrons. The van der Waals surface area contributed by atoms with E-state index in [1.54, 1.807) is 0 Å². The van der Waals surface area contributed by atoms with E-state index >= 15 is 0 Å². The highest BCUT2D eigenvalue weighted by Gasteiger charge is 2.34. The van der Waals surface area contributed by atoms with Crippen molar-refractivity contribution in [3.05, 3.63) is 65.5 Å². The highest BCUT2D eigenvalue weighted by Crippen LogP contribution is 2.35. The average molecular weight is 444 g/mol. The number of likely N-dealkylation sites (tertiary alicyclic amines) is 1. The van der Waals surface area contributed by atoms with E-state index in [-0.39, 0.29) is 5.69 Å². The summed E-state index contributed by atoms with van der Waals surface area (Å²) >= 11 is 0. The van der Waals surface area contributed by atoms with E-state index in [1.165, 1.54) is 18.2 Å². The Labute approximate surface area is 183 Å². The molecule has 1 aliphatic heterocycles. The van der Waals surface area contributed by atoms with Crippen molar-refractivity contribution in [1.29, 1.82) is 0 Å². The second kappa shape index (κ2) is 9.12. The van der Waals surface area contributed by atoms with Crippen LogP contribution in [0.4, 0.5) is 18.9 Å². The lowest BCUT2D eigenvalue weighted by molar-refractivity contribution is -0.137. The minimum Gasteiger partial charge on any atom is -0.334 e. The average Bonchev–Trinajstić information content (AvgIpc) is 3.22. The number of hydrogen-bond donors (Lipinski definition) is 1. The van der Waals surface area contributed by atoms with Crippen molar-refractivity contribution in [1.82, 2.24) is 15.0 Å². The summed E-state index contributed by atoms with van der Waals surface area (Å²) in [6.07, 6.45) is -3.17. The van der Waals surface area contributed by atoms with Crippen LogP contribution in [0, 0.1) is 12.8 Å². The van der Waals surface area contributed by atoms with Gasteiger partial charge < -0.3 is 9.84 Å². The molecule has 1 aliphatic rings. The lowest BCUT2D eigenvalue weighted by Gasteiger charge is -2.31. The molecule has 9 heteroatoms. The zero-order valence-corrected chi connectivity index (χ0v) is 17.5. The SMILES string of the molecule is Cc1ccc(-c2nc(CN3CCC[C@@H](C(=O)Nc4ccccc4C(F)(F)F)C3)no2)cc1. The maximum Gasteiger partial charge on any atom is 0.418 e. The molecular formula is C23H23F3N4O2. The quantitative estimate of drug-likeness (QED) is 0.605. The largest absolute Gasteiger partial charge is 0.418 e. The Morgan fingerprint density at radius 2 is 1.94 bits per heavy atom. The molecule has 1 amide bonds. The maximum atomic E-state index is 13.2. The molecule has 1 aromatic heterocycles. The first-order valence-electron chi connectivity index (χ1n) is 10.4. The number of amides is 1. The Kier molecular flexibility index (Phi) is 6.27. The van der Waals surface area contributed by atoms with E-state index in [9.17, 15) is 18.0 Å². The first-order valence-corrected chi connectivity index (χ1v) is 10.4. The number of rotatable bonds is 5. The molecule has 6 nitrogen and oxygen atoms in total. The number of carbonyl (C=O) groups is 1. The number of nitrogens with one attached hydrogen (secondary N) is 1. The Bertz CT molecular complexity index is 1080. The summed E-state index contributed by atoms with van der Waals surface area (Å²) in [6.45, 7) is 3.55. The molecule has 1 saturated heterocycles. The van der Waals surface area contributed by atoms with Gasteiger partial charge in [-0.25, -0.2) is 0 Å². The van der Waals surface area contributed by atoms with Crippen LogP contribution in [0.25, 0.3) is 11.5 Å². The number of halogens is 3. The van der Waals surface area contributed by atoms with Crippen molar-refractivity contribution in [2.45, 2.75) is 32.5 Å². The Morgan fingerprint density at radius 1 is 1.19 bits per heavy atom. The van der Waals surface area contributed by atoms with Crippen LogP contribution < -0.4 is 5.32 Å². The van der Waals surface area contributed by atoms with Gasteiger partial charge in [0.25, 0.3) is 5.89 Å². The van der Waals surface area contributed by atoms with Gasteiger partial charge in [-0.05, 0) is 50.6 Å². The van der Waals surface area contributed by atoms with Crippen LogP contribution in [-0.2, 0) is 17.5 Å². The van der Waals surface area contributed by atoms with Crippen LogP contribution in [0.2, 0.25) is 0 Å². The molecule has 1 fully saturated rings. The Morgan fingerprint density at radius 3 is 2.69 bits per heavy atom. The molecule has 2 aromatic carbocycles. The van der Waals surface area contributed by atoms with Gasteiger partial charge in [-0.1, -0.05) is 35.0 Å². The lowest BCUT2D eigenvalue weighted by atomic mass is 9.96. The van der Waals surface area contributed by atoms with Gasteiger partial charge in [0.05, 0.1) is 23.7 Å². The normalized spacial score (nSPS) is 17.3. The van der Waals surface area contributed by atoms with Crippen LogP contribution in [0.1, 0.15) is 29.8 Å². The predicted octanol–water partition coefficient (Wildman–Crippen LogP) is 4.91. The number of para-hydroxylation sites is 1. The molecular weight excluding hydrogens is 421 g/mol. The van der Waals surface area contributed by atoms with E-state index in [0.29, 0.717) is 31.2 Å². The molecule has 168 valence electrons. The number of aromatic nitrogens is 2. The molecule has 3 aromatic rings. The van der Waals surface area contributed by atoms with Crippen LogP contribution in [0.5, 0.6) is 0 Å². The van der Waals surface area contributed by atoms with Crippen molar-refractivity contribution in [3.63, 3.8) is 0 Å². The number of aryl methyl sites for hydroxylation is 1. The summed E-state index contributed by atoms with van der Waals surface area (Å²) in [5.41, 5.74) is 0.886. The summed E-state index contributed by atoms with van der Waals surface area (Å²) in [7, 11) is 0. The highest BCUT2D eigenvalue weighted by molar-refractivity contribution is 5.93. The third kappa shape index (κ3) is 5.16. The summed E-state index contributed by atoms with van der Waals surface area (Å²) in [6, 6.07) is 12.8. The number of nitrogens with zero attached hydrogens (tertiary/aromatic N) is 3. The molecule has 32 heavy (non-hydrogen) atoms. The van der Waals surface area contributed by atoms with E-state index in [1.807, 2.05) is 36.1 Å². The predicted molar refractivity (Wildman–Crippen MR) is 113 cm³/mol. The molecule has 0 saturated carbocycles. The van der Waals surface area contributed by atoms with Crippen LogP contribution >= 0.6 is 0 Å². The van der Waals surface area contributed by atoms with Crippen molar-refractivity contribution in [3.8, 4) is 11.5 Å². The first-order chi connectivity index (χ1) is 15.3. The van der Waals surface area contributed by atoms with E-state index in [2.05, 4.69) is 15.5 Å². The van der Waals surface area contributed by atoms with E-state index in [0.717, 1.165) is 30.2 Å². The van der Waals surface area contributed by atoms with Gasteiger partial charge in [-0.15, -0.1) is 0 Å². The van der Waals surface area contributed by atoms with E-state index in [4.69, 9.17) is 4.52 Å². The number of benzene rings is 2. The van der Waals surface area contributed by atoms with Gasteiger partial charge in [0.15, 0.2) is 5.82 Å². The topological polar surface area (TPSA) is 71.3 Å². The minimum atomic E-state index is -4.53.